The highest BCUT2D eigenvalue weighted by Crippen LogP contribution is 2.28. The summed E-state index contributed by atoms with van der Waals surface area (Å²) in [4.78, 5) is 0. The fraction of sp³-hybridized carbons (Fsp3) is 0.462. The van der Waals surface area contributed by atoms with Gasteiger partial charge in [0.15, 0.2) is 0 Å². The topological polar surface area (TPSA) is 21.3 Å². The number of ether oxygens (including phenoxy) is 1. The smallest absolute Gasteiger partial charge is 0.406 e. The average molecular weight is 454 g/mol. The minimum absolute atomic E-state index is 0. The molecule has 0 unspecified atom stereocenters. The number of allylic oxidation sites excluding steroid dienone is 1. The molecule has 0 spiro atoms. The molecule has 2 nitrogen and oxygen atoms in total. The molecule has 1 aliphatic carbocycles. The zero-order chi connectivity index (χ0) is 22.9. The summed E-state index contributed by atoms with van der Waals surface area (Å²) in [7, 11) is 0. The molecule has 0 atom stereocenters. The Morgan fingerprint density at radius 2 is 1.50 bits per heavy atom. The van der Waals surface area contributed by atoms with Crippen LogP contribution in [-0.4, -0.2) is 12.4 Å². The van der Waals surface area contributed by atoms with Gasteiger partial charge in [0.25, 0.3) is 0 Å². The van der Waals surface area contributed by atoms with Crippen LogP contribution in [0, 0.1) is 11.7 Å². The maximum absolute atomic E-state index is 12.8. The van der Waals surface area contributed by atoms with E-state index in [0.29, 0.717) is 6.04 Å². The number of halogens is 4. The first kappa shape index (κ1) is 27.5. The molecular weight excluding hydrogens is 418 g/mol. The molecule has 1 N–H and O–H groups in total. The van der Waals surface area contributed by atoms with Crippen molar-refractivity contribution in [2.75, 3.05) is 0 Å². The van der Waals surface area contributed by atoms with E-state index in [2.05, 4.69) is 16.6 Å². The third-order valence-corrected chi connectivity index (χ3v) is 5.30. The molecule has 2 aromatic carbocycles. The normalized spacial score (nSPS) is 17.9. The van der Waals surface area contributed by atoms with Crippen LogP contribution < -0.4 is 10.1 Å². The monoisotopic (exact) mass is 453 g/mol. The highest BCUT2D eigenvalue weighted by Gasteiger charge is 2.30. The Hall–Kier alpha value is -2.50. The Morgan fingerprint density at radius 1 is 0.969 bits per heavy atom. The van der Waals surface area contributed by atoms with Crippen LogP contribution in [0.2, 0.25) is 0 Å². The SMILES string of the molecule is C.C=C(C)NC1CCC(Cc2ccc(F)cc2)CC1.CCc1ccc(OC(F)(F)F)cc1. The minimum Gasteiger partial charge on any atom is -0.406 e. The van der Waals surface area contributed by atoms with Gasteiger partial charge in [0, 0.05) is 11.7 Å². The van der Waals surface area contributed by atoms with Crippen LogP contribution in [-0.2, 0) is 12.8 Å². The lowest BCUT2D eigenvalue weighted by Crippen LogP contribution is -2.32. The second kappa shape index (κ2) is 13.1. The van der Waals surface area contributed by atoms with Gasteiger partial charge in [-0.15, -0.1) is 13.2 Å². The molecule has 0 saturated heterocycles. The molecular formula is C26H35F4NO. The highest BCUT2D eigenvalue weighted by atomic mass is 19.4. The predicted octanol–water partition coefficient (Wildman–Crippen LogP) is 7.83. The molecule has 6 heteroatoms. The fourth-order valence-corrected chi connectivity index (χ4v) is 3.74. The molecule has 2 aromatic rings. The lowest BCUT2D eigenvalue weighted by Gasteiger charge is -2.29. The quantitative estimate of drug-likeness (QED) is 0.450. The Morgan fingerprint density at radius 3 is 1.97 bits per heavy atom. The largest absolute Gasteiger partial charge is 0.573 e. The molecule has 0 amide bonds. The van der Waals surface area contributed by atoms with E-state index in [1.807, 2.05) is 26.0 Å². The first-order chi connectivity index (χ1) is 14.6. The van der Waals surface area contributed by atoms with Crippen LogP contribution in [0.25, 0.3) is 0 Å². The molecule has 0 aliphatic heterocycles. The van der Waals surface area contributed by atoms with E-state index in [0.717, 1.165) is 30.0 Å². The van der Waals surface area contributed by atoms with E-state index < -0.39 is 6.36 Å². The Bertz CT molecular complexity index is 792. The Balaban J connectivity index is 0.000000327. The molecule has 0 bridgehead atoms. The lowest BCUT2D eigenvalue weighted by molar-refractivity contribution is -0.274. The van der Waals surface area contributed by atoms with Crippen LogP contribution in [0.5, 0.6) is 5.75 Å². The number of nitrogens with one attached hydrogen (secondary N) is 1. The molecule has 1 aliphatic rings. The summed E-state index contributed by atoms with van der Waals surface area (Å²) in [6.45, 7) is 7.85. The zero-order valence-electron chi connectivity index (χ0n) is 18.1. The fourth-order valence-electron chi connectivity index (χ4n) is 3.74. The van der Waals surface area contributed by atoms with Crippen molar-refractivity contribution >= 4 is 0 Å². The van der Waals surface area contributed by atoms with Gasteiger partial charge in [-0.1, -0.05) is 45.2 Å². The lowest BCUT2D eigenvalue weighted by atomic mass is 9.82. The number of rotatable bonds is 6. The molecule has 0 radical (unpaired) electrons. The van der Waals surface area contributed by atoms with E-state index in [1.165, 1.54) is 43.4 Å². The number of hydrogen-bond acceptors (Lipinski definition) is 2. The van der Waals surface area contributed by atoms with Crippen molar-refractivity contribution in [1.82, 2.24) is 5.32 Å². The number of hydrogen-bond donors (Lipinski definition) is 1. The Labute approximate surface area is 189 Å². The number of alkyl halides is 3. The standard InChI is InChI=1S/C16H22FN.C9H9F3O.CH4/c1-12(2)18-16-9-5-14(6-10-16)11-13-3-7-15(17)8-4-13;1-2-7-3-5-8(6-4-7)13-9(10,11)12;/h3-4,7-8,14,16,18H,1,5-6,9-11H2,2H3;3-6H,2H2,1H3;1H4. The van der Waals surface area contributed by atoms with Gasteiger partial charge in [-0.25, -0.2) is 4.39 Å². The minimum atomic E-state index is -4.60. The van der Waals surface area contributed by atoms with Gasteiger partial charge in [-0.05, 0) is 86.8 Å². The van der Waals surface area contributed by atoms with Crippen molar-refractivity contribution in [3.05, 3.63) is 77.8 Å². The average Bonchev–Trinajstić information content (AvgIpc) is 2.71. The maximum Gasteiger partial charge on any atom is 0.573 e. The molecule has 32 heavy (non-hydrogen) atoms. The van der Waals surface area contributed by atoms with Crippen molar-refractivity contribution < 1.29 is 22.3 Å². The van der Waals surface area contributed by atoms with Crippen molar-refractivity contribution in [1.29, 1.82) is 0 Å². The second-order valence-electron chi connectivity index (χ2n) is 8.02. The first-order valence-electron chi connectivity index (χ1n) is 10.7. The predicted molar refractivity (Wildman–Crippen MR) is 123 cm³/mol. The summed E-state index contributed by atoms with van der Waals surface area (Å²) in [5.41, 5.74) is 3.30. The van der Waals surface area contributed by atoms with Gasteiger partial charge in [0.1, 0.15) is 11.6 Å². The van der Waals surface area contributed by atoms with Crippen molar-refractivity contribution in [3.63, 3.8) is 0 Å². The van der Waals surface area contributed by atoms with E-state index in [-0.39, 0.29) is 19.0 Å². The molecule has 3 rings (SSSR count). The van der Waals surface area contributed by atoms with Crippen LogP contribution in [0.15, 0.2) is 60.8 Å². The molecule has 0 aromatic heterocycles. The zero-order valence-corrected chi connectivity index (χ0v) is 18.1. The van der Waals surface area contributed by atoms with Crippen molar-refractivity contribution in [2.24, 2.45) is 5.92 Å². The van der Waals surface area contributed by atoms with Crippen molar-refractivity contribution in [3.8, 4) is 5.75 Å². The Kier molecular flexibility index (Phi) is 11.3. The summed E-state index contributed by atoms with van der Waals surface area (Å²) in [6.07, 6.45) is 2.22. The van der Waals surface area contributed by atoms with E-state index in [1.54, 1.807) is 24.3 Å². The first-order valence-corrected chi connectivity index (χ1v) is 10.7. The second-order valence-corrected chi connectivity index (χ2v) is 8.02. The van der Waals surface area contributed by atoms with Gasteiger partial charge >= 0.3 is 6.36 Å². The summed E-state index contributed by atoms with van der Waals surface area (Å²) in [6, 6.07) is 13.4. The maximum atomic E-state index is 12.8. The third-order valence-electron chi connectivity index (χ3n) is 5.30. The number of benzene rings is 2. The van der Waals surface area contributed by atoms with Gasteiger partial charge in [-0.2, -0.15) is 0 Å². The summed E-state index contributed by atoms with van der Waals surface area (Å²) in [5, 5.41) is 3.43. The third kappa shape index (κ3) is 10.7. The van der Waals surface area contributed by atoms with Crippen LogP contribution in [0.1, 0.15) is 58.1 Å². The summed E-state index contributed by atoms with van der Waals surface area (Å²) in [5.74, 6) is 0.427. The van der Waals surface area contributed by atoms with E-state index in [9.17, 15) is 17.6 Å². The molecule has 0 heterocycles. The van der Waals surface area contributed by atoms with Crippen molar-refractivity contribution in [2.45, 2.75) is 72.2 Å². The molecule has 1 saturated carbocycles. The van der Waals surface area contributed by atoms with Crippen LogP contribution in [0.4, 0.5) is 17.6 Å². The summed E-state index contributed by atoms with van der Waals surface area (Å²) < 4.78 is 51.6. The van der Waals surface area contributed by atoms with Gasteiger partial charge in [0.2, 0.25) is 0 Å². The molecule has 1 fully saturated rings. The highest BCUT2D eigenvalue weighted by molar-refractivity contribution is 5.27. The summed E-state index contributed by atoms with van der Waals surface area (Å²) >= 11 is 0. The van der Waals surface area contributed by atoms with Gasteiger partial charge in [0.05, 0.1) is 0 Å². The van der Waals surface area contributed by atoms with Crippen LogP contribution >= 0.6 is 0 Å². The molecule has 178 valence electrons. The van der Waals surface area contributed by atoms with Gasteiger partial charge in [-0.3, -0.25) is 0 Å². The van der Waals surface area contributed by atoms with E-state index in [4.69, 9.17) is 0 Å². The van der Waals surface area contributed by atoms with Crippen LogP contribution in [0.3, 0.4) is 0 Å². The van der Waals surface area contributed by atoms with Gasteiger partial charge < -0.3 is 10.1 Å². The van der Waals surface area contributed by atoms with E-state index >= 15 is 0 Å². The number of aryl methyl sites for hydroxylation is 1.